The van der Waals surface area contributed by atoms with Crippen LogP contribution < -0.4 is 4.72 Å². The molecule has 7 nitrogen and oxygen atoms in total. The molecule has 10 heteroatoms. The average Bonchev–Trinajstić information content (AvgIpc) is 2.42. The number of hydrogen-bond acceptors (Lipinski definition) is 5. The van der Waals surface area contributed by atoms with E-state index in [4.69, 9.17) is 23.2 Å². The summed E-state index contributed by atoms with van der Waals surface area (Å²) in [5, 5.41) is 20.2. The molecule has 116 valence electrons. The van der Waals surface area contributed by atoms with E-state index in [0.29, 0.717) is 0 Å². The predicted molar refractivity (Wildman–Crippen MR) is 82.0 cm³/mol. The van der Waals surface area contributed by atoms with Crippen LogP contribution in [0.3, 0.4) is 0 Å². The number of phenols is 1. The number of nitrogens with one attached hydrogen (secondary N) is 1. The molecular formula is C12H8Cl2N2O5S. The van der Waals surface area contributed by atoms with Gasteiger partial charge in [0.1, 0.15) is 4.90 Å². The largest absolute Gasteiger partial charge is 0.505 e. The van der Waals surface area contributed by atoms with Gasteiger partial charge in [-0.3, -0.25) is 14.8 Å². The lowest BCUT2D eigenvalue weighted by molar-refractivity contribution is -0.384. The maximum absolute atomic E-state index is 12.2. The van der Waals surface area contributed by atoms with Crippen LogP contribution in [0.4, 0.5) is 11.4 Å². The number of nitro groups is 1. The molecular weight excluding hydrogens is 355 g/mol. The molecule has 2 aromatic carbocycles. The third-order valence-corrected chi connectivity index (χ3v) is 4.49. The zero-order valence-electron chi connectivity index (χ0n) is 10.7. The van der Waals surface area contributed by atoms with Crippen molar-refractivity contribution in [3.63, 3.8) is 0 Å². The standard InChI is InChI=1S/C12H8Cl2N2O5S/c13-7-4-10(14)12(17)11(5-7)22(20,21)15-8-2-1-3-9(6-8)16(18)19/h1-6,15,17H. The van der Waals surface area contributed by atoms with Crippen molar-refractivity contribution in [2.24, 2.45) is 0 Å². The van der Waals surface area contributed by atoms with E-state index in [-0.39, 0.29) is 21.4 Å². The molecule has 0 saturated carbocycles. The Balaban J connectivity index is 2.45. The zero-order chi connectivity index (χ0) is 16.5. The minimum absolute atomic E-state index is 0.0159. The molecule has 0 bridgehead atoms. The molecule has 0 atom stereocenters. The van der Waals surface area contributed by atoms with Gasteiger partial charge in [0.15, 0.2) is 5.75 Å². The van der Waals surface area contributed by atoms with Gasteiger partial charge in [0, 0.05) is 17.2 Å². The van der Waals surface area contributed by atoms with Crippen LogP contribution in [0.25, 0.3) is 0 Å². The van der Waals surface area contributed by atoms with Crippen molar-refractivity contribution >= 4 is 44.6 Å². The number of aromatic hydroxyl groups is 1. The first kappa shape index (κ1) is 16.3. The summed E-state index contributed by atoms with van der Waals surface area (Å²) in [4.78, 5) is 9.49. The molecule has 0 aliphatic rings. The Hall–Kier alpha value is -2.03. The fraction of sp³-hybridized carbons (Fsp3) is 0. The van der Waals surface area contributed by atoms with Gasteiger partial charge in [0.05, 0.1) is 15.6 Å². The first-order valence-electron chi connectivity index (χ1n) is 5.66. The number of nitrogens with zero attached hydrogens (tertiary/aromatic N) is 1. The quantitative estimate of drug-likeness (QED) is 0.639. The number of hydrogen-bond donors (Lipinski definition) is 2. The second-order valence-corrected chi connectivity index (χ2v) is 6.64. The van der Waals surface area contributed by atoms with Crippen LogP contribution in [0, 0.1) is 10.1 Å². The van der Waals surface area contributed by atoms with Gasteiger partial charge in [-0.05, 0) is 18.2 Å². The molecule has 0 aliphatic heterocycles. The van der Waals surface area contributed by atoms with Crippen LogP contribution in [0.5, 0.6) is 5.75 Å². The minimum Gasteiger partial charge on any atom is -0.505 e. The lowest BCUT2D eigenvalue weighted by Crippen LogP contribution is -2.13. The summed E-state index contributed by atoms with van der Waals surface area (Å²) < 4.78 is 26.6. The molecule has 2 aromatic rings. The van der Waals surface area contributed by atoms with Gasteiger partial charge < -0.3 is 5.11 Å². The first-order valence-corrected chi connectivity index (χ1v) is 7.90. The van der Waals surface area contributed by atoms with Crippen molar-refractivity contribution in [2.45, 2.75) is 4.90 Å². The van der Waals surface area contributed by atoms with Crippen molar-refractivity contribution < 1.29 is 18.4 Å². The Labute approximate surface area is 135 Å². The molecule has 0 saturated heterocycles. The summed E-state index contributed by atoms with van der Waals surface area (Å²) in [5.41, 5.74) is -0.321. The van der Waals surface area contributed by atoms with E-state index in [1.54, 1.807) is 0 Å². The van der Waals surface area contributed by atoms with Gasteiger partial charge in [-0.15, -0.1) is 0 Å². The van der Waals surface area contributed by atoms with E-state index in [1.165, 1.54) is 24.3 Å². The Morgan fingerprint density at radius 2 is 1.86 bits per heavy atom. The molecule has 22 heavy (non-hydrogen) atoms. The third kappa shape index (κ3) is 3.41. The van der Waals surface area contributed by atoms with Crippen molar-refractivity contribution in [1.29, 1.82) is 0 Å². The van der Waals surface area contributed by atoms with Crippen LogP contribution in [0.1, 0.15) is 0 Å². The Kier molecular flexibility index (Phi) is 4.45. The lowest BCUT2D eigenvalue weighted by atomic mass is 10.3. The summed E-state index contributed by atoms with van der Waals surface area (Å²) >= 11 is 11.4. The smallest absolute Gasteiger partial charge is 0.271 e. The van der Waals surface area contributed by atoms with Gasteiger partial charge >= 0.3 is 0 Å². The number of benzene rings is 2. The average molecular weight is 363 g/mol. The summed E-state index contributed by atoms with van der Waals surface area (Å²) in [6.07, 6.45) is 0. The van der Waals surface area contributed by atoms with Crippen LogP contribution in [-0.2, 0) is 10.0 Å². The lowest BCUT2D eigenvalue weighted by Gasteiger charge is -2.10. The molecule has 0 unspecified atom stereocenters. The normalized spacial score (nSPS) is 11.2. The van der Waals surface area contributed by atoms with Gasteiger partial charge in [0.2, 0.25) is 0 Å². The summed E-state index contributed by atoms with van der Waals surface area (Å²) in [6.45, 7) is 0. The Morgan fingerprint density at radius 3 is 2.50 bits per heavy atom. The van der Waals surface area contributed by atoms with E-state index in [0.717, 1.165) is 12.1 Å². The fourth-order valence-electron chi connectivity index (χ4n) is 1.64. The topological polar surface area (TPSA) is 110 Å². The van der Waals surface area contributed by atoms with Crippen molar-refractivity contribution in [3.05, 3.63) is 56.6 Å². The number of non-ortho nitro benzene ring substituents is 1. The predicted octanol–water partition coefficient (Wildman–Crippen LogP) is 3.41. The second-order valence-electron chi connectivity index (χ2n) is 4.15. The number of halogens is 2. The molecule has 0 aromatic heterocycles. The molecule has 0 spiro atoms. The summed E-state index contributed by atoms with van der Waals surface area (Å²) in [5.74, 6) is -0.663. The van der Waals surface area contributed by atoms with Crippen LogP contribution >= 0.6 is 23.2 Å². The number of rotatable bonds is 4. The van der Waals surface area contributed by atoms with E-state index >= 15 is 0 Å². The maximum atomic E-state index is 12.2. The molecule has 2 N–H and O–H groups in total. The van der Waals surface area contributed by atoms with Gasteiger partial charge in [-0.2, -0.15) is 0 Å². The van der Waals surface area contributed by atoms with Crippen LogP contribution in [-0.4, -0.2) is 18.4 Å². The SMILES string of the molecule is O=[N+]([O-])c1cccc(NS(=O)(=O)c2cc(Cl)cc(Cl)c2O)c1. The molecule has 0 aliphatic carbocycles. The first-order chi connectivity index (χ1) is 10.2. The van der Waals surface area contributed by atoms with Crippen molar-refractivity contribution in [3.8, 4) is 5.75 Å². The molecule has 0 fully saturated rings. The Morgan fingerprint density at radius 1 is 1.18 bits per heavy atom. The molecule has 0 amide bonds. The van der Waals surface area contributed by atoms with E-state index in [1.807, 2.05) is 0 Å². The molecule has 0 heterocycles. The monoisotopic (exact) mass is 362 g/mol. The van der Waals surface area contributed by atoms with E-state index < -0.39 is 25.6 Å². The van der Waals surface area contributed by atoms with Gasteiger partial charge in [-0.25, -0.2) is 8.42 Å². The fourth-order valence-corrected chi connectivity index (χ4v) is 3.45. The minimum atomic E-state index is -4.22. The number of nitro benzene ring substituents is 1. The second kappa shape index (κ2) is 5.99. The van der Waals surface area contributed by atoms with E-state index in [9.17, 15) is 23.6 Å². The van der Waals surface area contributed by atoms with Gasteiger partial charge in [0.25, 0.3) is 15.7 Å². The highest BCUT2D eigenvalue weighted by molar-refractivity contribution is 7.92. The molecule has 0 radical (unpaired) electrons. The number of sulfonamides is 1. The molecule has 2 rings (SSSR count). The maximum Gasteiger partial charge on any atom is 0.271 e. The van der Waals surface area contributed by atoms with E-state index in [2.05, 4.69) is 4.72 Å². The van der Waals surface area contributed by atoms with Crippen LogP contribution in [0.15, 0.2) is 41.3 Å². The van der Waals surface area contributed by atoms with Crippen LogP contribution in [0.2, 0.25) is 10.0 Å². The number of phenolic OH excluding ortho intramolecular Hbond substituents is 1. The summed E-state index contributed by atoms with van der Waals surface area (Å²) in [6, 6.07) is 7.11. The zero-order valence-corrected chi connectivity index (χ0v) is 13.0. The van der Waals surface area contributed by atoms with Crippen molar-refractivity contribution in [2.75, 3.05) is 4.72 Å². The number of anilines is 1. The summed E-state index contributed by atoms with van der Waals surface area (Å²) in [7, 11) is -4.22. The van der Waals surface area contributed by atoms with Gasteiger partial charge in [-0.1, -0.05) is 29.3 Å². The van der Waals surface area contributed by atoms with Crippen molar-refractivity contribution in [1.82, 2.24) is 0 Å². The highest BCUT2D eigenvalue weighted by atomic mass is 35.5. The highest BCUT2D eigenvalue weighted by Crippen LogP contribution is 2.35. The Bertz CT molecular complexity index is 855. The highest BCUT2D eigenvalue weighted by Gasteiger charge is 2.22. The third-order valence-electron chi connectivity index (χ3n) is 2.59.